The zero-order valence-corrected chi connectivity index (χ0v) is 17.5. The summed E-state index contributed by atoms with van der Waals surface area (Å²) in [6, 6.07) is 8.76. The van der Waals surface area contributed by atoms with Gasteiger partial charge in [-0.25, -0.2) is 0 Å². The molecule has 124 valence electrons. The van der Waals surface area contributed by atoms with E-state index >= 15 is 0 Å². The first-order valence-electron chi connectivity index (χ1n) is 7.62. The van der Waals surface area contributed by atoms with Gasteiger partial charge in [0, 0.05) is 38.7 Å². The zero-order valence-electron chi connectivity index (χ0n) is 13.4. The van der Waals surface area contributed by atoms with E-state index in [1.165, 1.54) is 22.3 Å². The summed E-state index contributed by atoms with van der Waals surface area (Å²) in [5.74, 6) is 0.907. The first-order valence-corrected chi connectivity index (χ1v) is 7.62. The number of allylic oxidation sites excluding steroid dienone is 6. The van der Waals surface area contributed by atoms with E-state index in [4.69, 9.17) is 0 Å². The van der Waals surface area contributed by atoms with Gasteiger partial charge in [0.05, 0.1) is 0 Å². The maximum atomic E-state index is 9.30. The van der Waals surface area contributed by atoms with Gasteiger partial charge in [-0.3, -0.25) is 0 Å². The van der Waals surface area contributed by atoms with E-state index in [2.05, 4.69) is 55.5 Å². The van der Waals surface area contributed by atoms with Gasteiger partial charge in [0.2, 0.25) is 0 Å². The fourth-order valence-electron chi connectivity index (χ4n) is 3.48. The van der Waals surface area contributed by atoms with Crippen LogP contribution >= 0.6 is 24.8 Å². The van der Waals surface area contributed by atoms with Crippen LogP contribution in [0.1, 0.15) is 43.2 Å². The van der Waals surface area contributed by atoms with E-state index in [9.17, 15) is 5.11 Å². The SMILES string of the molecule is CCC(CCO)C1=CC(C2=CC=CC2)c2ccccc21.Cl.Cl.[Zr]. The minimum atomic E-state index is 0. The second kappa shape index (κ2) is 10.7. The fourth-order valence-corrected chi connectivity index (χ4v) is 3.48. The van der Waals surface area contributed by atoms with Crippen LogP contribution in [0.25, 0.3) is 5.57 Å². The molecule has 0 radical (unpaired) electrons. The summed E-state index contributed by atoms with van der Waals surface area (Å²) in [6.07, 6.45) is 12.1. The molecule has 0 saturated carbocycles. The number of halogens is 2. The smallest absolute Gasteiger partial charge is 0.0436 e. The van der Waals surface area contributed by atoms with Gasteiger partial charge in [-0.15, -0.1) is 24.8 Å². The Labute approximate surface area is 170 Å². The number of hydrogen-bond acceptors (Lipinski definition) is 1. The van der Waals surface area contributed by atoms with Gasteiger partial charge in [-0.1, -0.05) is 61.1 Å². The van der Waals surface area contributed by atoms with Crippen LogP contribution < -0.4 is 0 Å². The Morgan fingerprint density at radius 2 is 1.96 bits per heavy atom. The molecule has 1 nitrogen and oxygen atoms in total. The molecule has 2 atom stereocenters. The first kappa shape index (κ1) is 22.9. The molecule has 0 saturated heterocycles. The topological polar surface area (TPSA) is 20.2 Å². The second-order valence-corrected chi connectivity index (χ2v) is 5.68. The van der Waals surface area contributed by atoms with Crippen molar-refractivity contribution < 1.29 is 31.3 Å². The Bertz CT molecular complexity index is 593. The first-order chi connectivity index (χ1) is 9.85. The van der Waals surface area contributed by atoms with Crippen molar-refractivity contribution in [3.05, 3.63) is 65.3 Å². The van der Waals surface area contributed by atoms with Gasteiger partial charge >= 0.3 is 0 Å². The van der Waals surface area contributed by atoms with Crippen molar-refractivity contribution in [1.82, 2.24) is 0 Å². The molecule has 0 fully saturated rings. The molecular weight excluding hydrogens is 406 g/mol. The molecule has 3 rings (SSSR count). The molecule has 1 aromatic rings. The van der Waals surface area contributed by atoms with E-state index in [0.717, 1.165) is 19.3 Å². The summed E-state index contributed by atoms with van der Waals surface area (Å²) >= 11 is 0. The minimum absolute atomic E-state index is 0. The van der Waals surface area contributed by atoms with Crippen LogP contribution in [0.2, 0.25) is 0 Å². The van der Waals surface area contributed by atoms with E-state index in [1.807, 2.05) is 0 Å². The molecule has 2 aliphatic carbocycles. The summed E-state index contributed by atoms with van der Waals surface area (Å²) in [5.41, 5.74) is 5.76. The molecule has 0 bridgehead atoms. The van der Waals surface area contributed by atoms with Crippen LogP contribution in [0.15, 0.2) is 54.1 Å². The molecular formula is C19H24Cl2OZr. The largest absolute Gasteiger partial charge is 0.396 e. The van der Waals surface area contributed by atoms with Gasteiger partial charge in [0.15, 0.2) is 0 Å². The normalized spacial score (nSPS) is 18.8. The van der Waals surface area contributed by atoms with Gasteiger partial charge < -0.3 is 5.11 Å². The van der Waals surface area contributed by atoms with Crippen molar-refractivity contribution in [1.29, 1.82) is 0 Å². The summed E-state index contributed by atoms with van der Waals surface area (Å²) in [4.78, 5) is 0. The third-order valence-corrected chi connectivity index (χ3v) is 4.56. The maximum Gasteiger partial charge on any atom is 0.0436 e. The number of benzene rings is 1. The molecule has 0 heterocycles. The summed E-state index contributed by atoms with van der Waals surface area (Å²) in [7, 11) is 0. The third kappa shape index (κ3) is 4.70. The van der Waals surface area contributed by atoms with Crippen molar-refractivity contribution in [3.8, 4) is 0 Å². The van der Waals surface area contributed by atoms with Crippen molar-refractivity contribution in [3.63, 3.8) is 0 Å². The van der Waals surface area contributed by atoms with Crippen molar-refractivity contribution in [2.45, 2.75) is 32.1 Å². The van der Waals surface area contributed by atoms with Crippen molar-refractivity contribution in [2.24, 2.45) is 5.92 Å². The molecule has 2 unspecified atom stereocenters. The Balaban J connectivity index is 0.00000161. The van der Waals surface area contributed by atoms with E-state index in [0.29, 0.717) is 11.8 Å². The molecule has 0 amide bonds. The number of fused-ring (bicyclic) bond motifs is 1. The predicted octanol–water partition coefficient (Wildman–Crippen LogP) is 5.30. The Hall–Kier alpha value is -0.137. The number of aliphatic hydroxyl groups excluding tert-OH is 1. The Kier molecular flexibility index (Phi) is 10.6. The molecule has 0 aliphatic heterocycles. The van der Waals surface area contributed by atoms with Crippen molar-refractivity contribution >= 4 is 30.4 Å². The Morgan fingerprint density at radius 3 is 2.57 bits per heavy atom. The average molecular weight is 431 g/mol. The van der Waals surface area contributed by atoms with E-state index < -0.39 is 0 Å². The van der Waals surface area contributed by atoms with Gasteiger partial charge in [-0.2, -0.15) is 0 Å². The van der Waals surface area contributed by atoms with Gasteiger partial charge in [0.25, 0.3) is 0 Å². The molecule has 1 N–H and O–H groups in total. The third-order valence-electron chi connectivity index (χ3n) is 4.56. The maximum absolute atomic E-state index is 9.30. The summed E-state index contributed by atoms with van der Waals surface area (Å²) in [6.45, 7) is 2.49. The summed E-state index contributed by atoms with van der Waals surface area (Å²) < 4.78 is 0. The zero-order chi connectivity index (χ0) is 13.9. The fraction of sp³-hybridized carbons (Fsp3) is 0.368. The van der Waals surface area contributed by atoms with Crippen LogP contribution in [-0.4, -0.2) is 11.7 Å². The molecule has 4 heteroatoms. The predicted molar refractivity (Wildman–Crippen MR) is 99.0 cm³/mol. The minimum Gasteiger partial charge on any atom is -0.396 e. The van der Waals surface area contributed by atoms with Crippen LogP contribution in [0.4, 0.5) is 0 Å². The number of rotatable bonds is 5. The van der Waals surface area contributed by atoms with Gasteiger partial charge in [-0.05, 0) is 41.9 Å². The quantitative estimate of drug-likeness (QED) is 0.672. The standard InChI is InChI=1S/C19H22O.2ClH.Zr/c1-2-14(11-12-20)18-13-19(15-7-3-4-8-15)17-10-6-5-9-16(17)18;;;/h3-7,9-10,13-14,19-20H,2,8,11-12H2,1H3;2*1H;. The monoisotopic (exact) mass is 428 g/mol. The molecule has 23 heavy (non-hydrogen) atoms. The molecule has 0 spiro atoms. The number of aliphatic hydroxyl groups is 1. The Morgan fingerprint density at radius 1 is 1.22 bits per heavy atom. The van der Waals surface area contributed by atoms with Crippen molar-refractivity contribution in [2.75, 3.05) is 6.61 Å². The van der Waals surface area contributed by atoms with Crippen LogP contribution in [-0.2, 0) is 26.2 Å². The van der Waals surface area contributed by atoms with E-state index in [1.54, 1.807) is 0 Å². The summed E-state index contributed by atoms with van der Waals surface area (Å²) in [5, 5.41) is 9.30. The van der Waals surface area contributed by atoms with Crippen LogP contribution in [0, 0.1) is 5.92 Å². The van der Waals surface area contributed by atoms with E-state index in [-0.39, 0.29) is 57.6 Å². The molecule has 0 aromatic heterocycles. The number of hydrogen-bond donors (Lipinski definition) is 1. The van der Waals surface area contributed by atoms with Crippen LogP contribution in [0.5, 0.6) is 0 Å². The average Bonchev–Trinajstić information content (AvgIpc) is 3.12. The van der Waals surface area contributed by atoms with Gasteiger partial charge in [0.1, 0.15) is 0 Å². The molecule has 1 aromatic carbocycles. The molecule has 2 aliphatic rings. The van der Waals surface area contributed by atoms with Crippen LogP contribution in [0.3, 0.4) is 0 Å². The second-order valence-electron chi connectivity index (χ2n) is 5.68.